The van der Waals surface area contributed by atoms with Gasteiger partial charge in [-0.2, -0.15) is 5.10 Å². The Morgan fingerprint density at radius 3 is 2.73 bits per heavy atom. The summed E-state index contributed by atoms with van der Waals surface area (Å²) in [5, 5.41) is 9.61. The first-order valence-electron chi connectivity index (χ1n) is 9.41. The second kappa shape index (κ2) is 6.33. The Bertz CT molecular complexity index is 1520. The zero-order chi connectivity index (χ0) is 20.2. The maximum absolute atomic E-state index is 4.87. The first-order chi connectivity index (χ1) is 14.7. The van der Waals surface area contributed by atoms with E-state index in [1.807, 2.05) is 49.1 Å². The van der Waals surface area contributed by atoms with Crippen LogP contribution in [0, 0.1) is 6.92 Å². The van der Waals surface area contributed by atoms with E-state index in [1.165, 1.54) is 0 Å². The first kappa shape index (κ1) is 17.0. The summed E-state index contributed by atoms with van der Waals surface area (Å²) in [5.74, 6) is 1.60. The lowest BCUT2D eigenvalue weighted by Crippen LogP contribution is -1.96. The maximum Gasteiger partial charge on any atom is 0.161 e. The summed E-state index contributed by atoms with van der Waals surface area (Å²) >= 11 is 1.67. The molecule has 30 heavy (non-hydrogen) atoms. The van der Waals surface area contributed by atoms with Crippen molar-refractivity contribution >= 4 is 33.4 Å². The summed E-state index contributed by atoms with van der Waals surface area (Å²) in [5.41, 5.74) is 6.83. The monoisotopic (exact) mass is 412 g/mol. The highest BCUT2D eigenvalue weighted by Crippen LogP contribution is 2.33. The molecule has 0 aromatic carbocycles. The highest BCUT2D eigenvalue weighted by atomic mass is 32.1. The molecule has 0 saturated heterocycles. The van der Waals surface area contributed by atoms with Gasteiger partial charge in [0.15, 0.2) is 11.5 Å². The van der Waals surface area contributed by atoms with Crippen molar-refractivity contribution in [2.45, 2.75) is 6.92 Å². The number of fused-ring (bicyclic) bond motifs is 2. The van der Waals surface area contributed by atoms with Crippen LogP contribution in [-0.4, -0.2) is 39.7 Å². The molecule has 0 aliphatic rings. The fourth-order valence-corrected chi connectivity index (χ4v) is 4.34. The fourth-order valence-electron chi connectivity index (χ4n) is 3.60. The van der Waals surface area contributed by atoms with Gasteiger partial charge in [-0.1, -0.05) is 6.07 Å². The topological polar surface area (TPSA) is 101 Å². The SMILES string of the molecule is Cc1ncc(-c2ccc3[nH]nc(-c4nc5c(-c6cccs6)cncc5[nH]4)c3n2)n1C. The number of imidazole rings is 2. The van der Waals surface area contributed by atoms with Gasteiger partial charge in [-0.3, -0.25) is 10.1 Å². The summed E-state index contributed by atoms with van der Waals surface area (Å²) in [6.07, 6.45) is 5.47. The Labute approximate surface area is 174 Å². The largest absolute Gasteiger partial charge is 0.335 e. The smallest absolute Gasteiger partial charge is 0.161 e. The first-order valence-corrected chi connectivity index (χ1v) is 10.3. The van der Waals surface area contributed by atoms with Crippen molar-refractivity contribution in [1.29, 1.82) is 0 Å². The lowest BCUT2D eigenvalue weighted by molar-refractivity contribution is 0.862. The van der Waals surface area contributed by atoms with Crippen LogP contribution >= 0.6 is 11.3 Å². The predicted molar refractivity (Wildman–Crippen MR) is 117 cm³/mol. The molecular formula is C21H16N8S. The minimum Gasteiger partial charge on any atom is -0.335 e. The van der Waals surface area contributed by atoms with Crippen molar-refractivity contribution in [3.63, 3.8) is 0 Å². The number of aryl methyl sites for hydroxylation is 1. The van der Waals surface area contributed by atoms with E-state index in [0.29, 0.717) is 11.5 Å². The second-order valence-electron chi connectivity index (χ2n) is 7.06. The van der Waals surface area contributed by atoms with Gasteiger partial charge in [0, 0.05) is 23.7 Å². The normalized spacial score (nSPS) is 11.7. The number of hydrogen-bond donors (Lipinski definition) is 2. The molecular weight excluding hydrogens is 396 g/mol. The molecule has 0 amide bonds. The van der Waals surface area contributed by atoms with Crippen LogP contribution in [0.2, 0.25) is 0 Å². The number of nitrogens with zero attached hydrogens (tertiary/aromatic N) is 6. The molecule has 146 valence electrons. The number of pyridine rings is 2. The quantitative estimate of drug-likeness (QED) is 0.450. The summed E-state index contributed by atoms with van der Waals surface area (Å²) in [6.45, 7) is 1.97. The Balaban J connectivity index is 1.53. The average Bonchev–Trinajstić information content (AvgIpc) is 3.54. The molecule has 6 rings (SSSR count). The van der Waals surface area contributed by atoms with E-state index < -0.39 is 0 Å². The number of nitrogens with one attached hydrogen (secondary N) is 2. The van der Waals surface area contributed by atoms with Crippen molar-refractivity contribution in [3.8, 4) is 33.3 Å². The van der Waals surface area contributed by atoms with Gasteiger partial charge in [-0.25, -0.2) is 15.0 Å². The highest BCUT2D eigenvalue weighted by molar-refractivity contribution is 7.13. The van der Waals surface area contributed by atoms with Crippen LogP contribution in [0.25, 0.3) is 55.4 Å². The number of hydrogen-bond acceptors (Lipinski definition) is 6. The number of aromatic nitrogens is 8. The minimum absolute atomic E-state index is 0.660. The van der Waals surface area contributed by atoms with E-state index in [9.17, 15) is 0 Å². The standard InChI is InChI=1S/C21H16N8S/c1-11-23-10-16(29(11)2)13-5-6-14-19(24-13)20(28-27-14)21-25-15-9-22-8-12(18(15)26-21)17-4-3-7-30-17/h3-10H,1-2H3,(H,25,26)(H,27,28). The maximum atomic E-state index is 4.87. The molecule has 9 heteroatoms. The summed E-state index contributed by atoms with van der Waals surface area (Å²) in [4.78, 5) is 23.0. The number of aromatic amines is 2. The third-order valence-electron chi connectivity index (χ3n) is 5.30. The molecule has 0 spiro atoms. The average molecular weight is 412 g/mol. The van der Waals surface area contributed by atoms with Crippen molar-refractivity contribution < 1.29 is 0 Å². The summed E-state index contributed by atoms with van der Waals surface area (Å²) in [6, 6.07) is 8.05. The van der Waals surface area contributed by atoms with Crippen LogP contribution in [0.4, 0.5) is 0 Å². The molecule has 2 N–H and O–H groups in total. The van der Waals surface area contributed by atoms with Gasteiger partial charge in [0.25, 0.3) is 0 Å². The van der Waals surface area contributed by atoms with Gasteiger partial charge in [0.1, 0.15) is 16.9 Å². The van der Waals surface area contributed by atoms with E-state index >= 15 is 0 Å². The molecule has 6 aromatic rings. The van der Waals surface area contributed by atoms with Crippen LogP contribution < -0.4 is 0 Å². The van der Waals surface area contributed by atoms with E-state index in [-0.39, 0.29) is 0 Å². The van der Waals surface area contributed by atoms with Gasteiger partial charge in [0.05, 0.1) is 34.8 Å². The minimum atomic E-state index is 0.660. The predicted octanol–water partition coefficient (Wildman–Crippen LogP) is 4.33. The van der Waals surface area contributed by atoms with Crippen LogP contribution in [0.5, 0.6) is 0 Å². The molecule has 6 aromatic heterocycles. The van der Waals surface area contributed by atoms with E-state index in [1.54, 1.807) is 17.5 Å². The number of H-pyrrole nitrogens is 2. The highest BCUT2D eigenvalue weighted by Gasteiger charge is 2.18. The zero-order valence-corrected chi connectivity index (χ0v) is 17.0. The van der Waals surface area contributed by atoms with Gasteiger partial charge in [0.2, 0.25) is 0 Å². The Morgan fingerprint density at radius 1 is 1.00 bits per heavy atom. The second-order valence-corrected chi connectivity index (χ2v) is 8.01. The molecule has 8 nitrogen and oxygen atoms in total. The molecule has 0 unspecified atom stereocenters. The fraction of sp³-hybridized carbons (Fsp3) is 0.0952. The van der Waals surface area contributed by atoms with E-state index in [4.69, 9.17) is 9.97 Å². The van der Waals surface area contributed by atoms with Crippen molar-refractivity contribution in [2.24, 2.45) is 7.05 Å². The van der Waals surface area contributed by atoms with Crippen molar-refractivity contribution in [1.82, 2.24) is 39.7 Å². The lowest BCUT2D eigenvalue weighted by Gasteiger charge is -2.03. The number of rotatable bonds is 3. The molecule has 0 aliphatic carbocycles. The molecule has 0 aliphatic heterocycles. The van der Waals surface area contributed by atoms with E-state index in [0.717, 1.165) is 49.7 Å². The zero-order valence-electron chi connectivity index (χ0n) is 16.2. The van der Waals surface area contributed by atoms with Crippen LogP contribution in [0.3, 0.4) is 0 Å². The van der Waals surface area contributed by atoms with Gasteiger partial charge in [-0.15, -0.1) is 11.3 Å². The van der Waals surface area contributed by atoms with Crippen LogP contribution in [0.15, 0.2) is 48.2 Å². The van der Waals surface area contributed by atoms with Crippen molar-refractivity contribution in [2.75, 3.05) is 0 Å². The number of thiophene rings is 1. The molecule has 0 fully saturated rings. The van der Waals surface area contributed by atoms with Gasteiger partial charge in [-0.05, 0) is 30.5 Å². The summed E-state index contributed by atoms with van der Waals surface area (Å²) < 4.78 is 2.02. The van der Waals surface area contributed by atoms with Crippen LogP contribution in [-0.2, 0) is 7.05 Å². The Kier molecular flexibility index (Phi) is 3.59. The van der Waals surface area contributed by atoms with Gasteiger partial charge < -0.3 is 9.55 Å². The third-order valence-corrected chi connectivity index (χ3v) is 6.20. The Hall–Kier alpha value is -3.85. The molecule has 0 bridgehead atoms. The molecule has 0 radical (unpaired) electrons. The molecule has 0 atom stereocenters. The van der Waals surface area contributed by atoms with E-state index in [2.05, 4.69) is 36.6 Å². The van der Waals surface area contributed by atoms with Gasteiger partial charge >= 0.3 is 0 Å². The molecule has 6 heterocycles. The molecule has 0 saturated carbocycles. The van der Waals surface area contributed by atoms with Crippen LogP contribution in [0.1, 0.15) is 5.82 Å². The van der Waals surface area contributed by atoms with Crippen molar-refractivity contribution in [3.05, 3.63) is 54.1 Å². The third kappa shape index (κ3) is 2.49. The lowest BCUT2D eigenvalue weighted by atomic mass is 10.2. The Morgan fingerprint density at radius 2 is 1.93 bits per heavy atom. The summed E-state index contributed by atoms with van der Waals surface area (Å²) in [7, 11) is 1.98.